The lowest BCUT2D eigenvalue weighted by Crippen LogP contribution is -2.26. The topological polar surface area (TPSA) is 110 Å². The second-order valence-electron chi connectivity index (χ2n) is 6.72. The SMILES string of the molecule is NC(=O)c1nc2c(C(=O)NCCc3ccc(Oc4ccccc4)cc3)cccc2[nH]1. The fraction of sp³-hybridized carbons (Fsp3) is 0.0870. The van der Waals surface area contributed by atoms with Crippen molar-refractivity contribution in [2.75, 3.05) is 6.54 Å². The molecular weight excluding hydrogens is 380 g/mol. The molecule has 0 atom stereocenters. The predicted molar refractivity (Wildman–Crippen MR) is 114 cm³/mol. The van der Waals surface area contributed by atoms with Gasteiger partial charge in [0, 0.05) is 6.54 Å². The second kappa shape index (κ2) is 8.48. The van der Waals surface area contributed by atoms with Gasteiger partial charge in [0.1, 0.15) is 17.0 Å². The maximum absolute atomic E-state index is 12.6. The fourth-order valence-corrected chi connectivity index (χ4v) is 3.10. The lowest BCUT2D eigenvalue weighted by Gasteiger charge is -2.08. The lowest BCUT2D eigenvalue weighted by atomic mass is 10.1. The summed E-state index contributed by atoms with van der Waals surface area (Å²) in [7, 11) is 0. The molecule has 1 heterocycles. The molecule has 4 rings (SSSR count). The Bertz CT molecular complexity index is 1180. The predicted octanol–water partition coefficient (Wildman–Crippen LogP) is 3.43. The van der Waals surface area contributed by atoms with Crippen molar-refractivity contribution in [3.05, 3.63) is 89.7 Å². The normalized spacial score (nSPS) is 10.7. The van der Waals surface area contributed by atoms with E-state index in [0.29, 0.717) is 29.6 Å². The molecule has 7 nitrogen and oxygen atoms in total. The molecule has 2 amide bonds. The van der Waals surface area contributed by atoms with Gasteiger partial charge in [-0.1, -0.05) is 36.4 Å². The van der Waals surface area contributed by atoms with E-state index in [1.807, 2.05) is 54.6 Å². The molecule has 0 unspecified atom stereocenters. The first-order chi connectivity index (χ1) is 14.6. The molecule has 4 aromatic rings. The third kappa shape index (κ3) is 4.30. The number of fused-ring (bicyclic) bond motifs is 1. The number of nitrogens with zero attached hydrogens (tertiary/aromatic N) is 1. The minimum absolute atomic E-state index is 0.0306. The number of benzene rings is 3. The van der Waals surface area contributed by atoms with E-state index in [9.17, 15) is 9.59 Å². The molecule has 150 valence electrons. The summed E-state index contributed by atoms with van der Waals surface area (Å²) in [4.78, 5) is 30.9. The molecule has 0 bridgehead atoms. The van der Waals surface area contributed by atoms with Crippen molar-refractivity contribution in [2.45, 2.75) is 6.42 Å². The Morgan fingerprint density at radius 2 is 1.67 bits per heavy atom. The van der Waals surface area contributed by atoms with Gasteiger partial charge in [0.2, 0.25) is 0 Å². The van der Waals surface area contributed by atoms with Crippen LogP contribution in [-0.2, 0) is 6.42 Å². The average molecular weight is 400 g/mol. The Kier molecular flexibility index (Phi) is 5.43. The molecule has 0 aliphatic heterocycles. The minimum atomic E-state index is -0.669. The van der Waals surface area contributed by atoms with Crippen molar-refractivity contribution >= 4 is 22.8 Å². The van der Waals surface area contributed by atoms with E-state index in [1.165, 1.54) is 0 Å². The summed E-state index contributed by atoms with van der Waals surface area (Å²) in [6, 6.07) is 22.5. The molecule has 1 aromatic heterocycles. The molecule has 30 heavy (non-hydrogen) atoms. The number of carbonyl (C=O) groups excluding carboxylic acids is 2. The Morgan fingerprint density at radius 1 is 0.933 bits per heavy atom. The Hall–Kier alpha value is -4.13. The summed E-state index contributed by atoms with van der Waals surface area (Å²) in [5, 5.41) is 2.89. The summed E-state index contributed by atoms with van der Waals surface area (Å²) in [5.74, 6) is 0.640. The Morgan fingerprint density at radius 3 is 2.40 bits per heavy atom. The van der Waals surface area contributed by atoms with E-state index in [0.717, 1.165) is 17.1 Å². The second-order valence-corrected chi connectivity index (χ2v) is 6.72. The zero-order chi connectivity index (χ0) is 20.9. The smallest absolute Gasteiger partial charge is 0.284 e. The maximum atomic E-state index is 12.6. The number of amides is 2. The highest BCUT2D eigenvalue weighted by Crippen LogP contribution is 2.21. The minimum Gasteiger partial charge on any atom is -0.457 e. The number of rotatable bonds is 7. The number of carbonyl (C=O) groups is 2. The van der Waals surface area contributed by atoms with Crippen molar-refractivity contribution in [3.8, 4) is 11.5 Å². The van der Waals surface area contributed by atoms with Gasteiger partial charge in [-0.3, -0.25) is 9.59 Å². The Balaban J connectivity index is 1.36. The van der Waals surface area contributed by atoms with Crippen LogP contribution < -0.4 is 15.8 Å². The molecule has 0 aliphatic rings. The summed E-state index contributed by atoms with van der Waals surface area (Å²) in [6.07, 6.45) is 0.667. The van der Waals surface area contributed by atoms with Crippen molar-refractivity contribution in [1.82, 2.24) is 15.3 Å². The third-order valence-corrected chi connectivity index (χ3v) is 4.59. The van der Waals surface area contributed by atoms with Gasteiger partial charge in [0.25, 0.3) is 11.8 Å². The largest absolute Gasteiger partial charge is 0.457 e. The van der Waals surface area contributed by atoms with Crippen molar-refractivity contribution in [1.29, 1.82) is 0 Å². The van der Waals surface area contributed by atoms with Crippen LogP contribution in [0.4, 0.5) is 0 Å². The highest BCUT2D eigenvalue weighted by atomic mass is 16.5. The van der Waals surface area contributed by atoms with Gasteiger partial charge >= 0.3 is 0 Å². The fourth-order valence-electron chi connectivity index (χ4n) is 3.10. The number of primary amides is 1. The van der Waals surface area contributed by atoms with Crippen molar-refractivity contribution < 1.29 is 14.3 Å². The molecule has 0 saturated heterocycles. The van der Waals surface area contributed by atoms with Crippen LogP contribution in [0.15, 0.2) is 72.8 Å². The number of H-pyrrole nitrogens is 1. The molecule has 0 spiro atoms. The first-order valence-corrected chi connectivity index (χ1v) is 9.49. The first-order valence-electron chi connectivity index (χ1n) is 9.49. The van der Waals surface area contributed by atoms with Crippen LogP contribution in [0, 0.1) is 0 Å². The third-order valence-electron chi connectivity index (χ3n) is 4.59. The van der Waals surface area contributed by atoms with E-state index in [1.54, 1.807) is 18.2 Å². The van der Waals surface area contributed by atoms with Crippen LogP contribution in [0.25, 0.3) is 11.0 Å². The first kappa shape index (κ1) is 19.2. The van der Waals surface area contributed by atoms with Crippen LogP contribution in [0.5, 0.6) is 11.5 Å². The average Bonchev–Trinajstić information content (AvgIpc) is 3.20. The number of aromatic amines is 1. The van der Waals surface area contributed by atoms with E-state index in [4.69, 9.17) is 10.5 Å². The summed E-state index contributed by atoms with van der Waals surface area (Å²) < 4.78 is 5.78. The van der Waals surface area contributed by atoms with Crippen LogP contribution in [0.2, 0.25) is 0 Å². The number of para-hydroxylation sites is 2. The molecular formula is C23H20N4O3. The van der Waals surface area contributed by atoms with Gasteiger partial charge in [0.15, 0.2) is 5.82 Å². The highest BCUT2D eigenvalue weighted by molar-refractivity contribution is 6.06. The quantitative estimate of drug-likeness (QED) is 0.441. The summed E-state index contributed by atoms with van der Waals surface area (Å²) in [6.45, 7) is 0.460. The van der Waals surface area contributed by atoms with Crippen LogP contribution in [0.1, 0.15) is 26.5 Å². The van der Waals surface area contributed by atoms with Gasteiger partial charge in [0.05, 0.1) is 11.1 Å². The van der Waals surface area contributed by atoms with Crippen LogP contribution in [0.3, 0.4) is 0 Å². The molecule has 0 saturated carbocycles. The zero-order valence-electron chi connectivity index (χ0n) is 16.1. The number of hydrogen-bond acceptors (Lipinski definition) is 4. The summed E-state index contributed by atoms with van der Waals surface area (Å²) in [5.41, 5.74) is 7.74. The molecule has 0 radical (unpaired) electrons. The highest BCUT2D eigenvalue weighted by Gasteiger charge is 2.15. The number of nitrogens with two attached hydrogens (primary N) is 1. The van der Waals surface area contributed by atoms with E-state index >= 15 is 0 Å². The van der Waals surface area contributed by atoms with Crippen LogP contribution in [-0.4, -0.2) is 28.3 Å². The lowest BCUT2D eigenvalue weighted by molar-refractivity contribution is 0.0953. The standard InChI is InChI=1S/C23H20N4O3/c24-21(28)22-26-19-8-4-7-18(20(19)27-22)23(29)25-14-13-15-9-11-17(12-10-15)30-16-5-2-1-3-6-16/h1-12H,13-14H2,(H2,24,28)(H,25,29)(H,26,27). The number of hydrogen-bond donors (Lipinski definition) is 3. The van der Waals surface area contributed by atoms with Gasteiger partial charge in [-0.05, 0) is 48.4 Å². The number of imidazole rings is 1. The van der Waals surface area contributed by atoms with Gasteiger partial charge < -0.3 is 20.8 Å². The molecule has 0 aliphatic carbocycles. The van der Waals surface area contributed by atoms with Crippen molar-refractivity contribution in [3.63, 3.8) is 0 Å². The van der Waals surface area contributed by atoms with Gasteiger partial charge in [-0.15, -0.1) is 0 Å². The molecule has 0 fully saturated rings. The van der Waals surface area contributed by atoms with E-state index < -0.39 is 5.91 Å². The molecule has 7 heteroatoms. The van der Waals surface area contributed by atoms with Crippen molar-refractivity contribution in [2.24, 2.45) is 5.73 Å². The number of aromatic nitrogens is 2. The Labute approximate surface area is 172 Å². The van der Waals surface area contributed by atoms with Gasteiger partial charge in [-0.25, -0.2) is 4.98 Å². The summed E-state index contributed by atoms with van der Waals surface area (Å²) >= 11 is 0. The number of ether oxygens (including phenoxy) is 1. The zero-order valence-corrected chi connectivity index (χ0v) is 16.1. The maximum Gasteiger partial charge on any atom is 0.284 e. The van der Waals surface area contributed by atoms with E-state index in [2.05, 4.69) is 15.3 Å². The van der Waals surface area contributed by atoms with Gasteiger partial charge in [-0.2, -0.15) is 0 Å². The van der Waals surface area contributed by atoms with Crippen LogP contribution >= 0.6 is 0 Å². The molecule has 4 N–H and O–H groups in total. The van der Waals surface area contributed by atoms with E-state index in [-0.39, 0.29) is 11.7 Å². The monoisotopic (exact) mass is 400 g/mol. The molecule has 3 aromatic carbocycles. The number of nitrogens with one attached hydrogen (secondary N) is 2.